The number of halogens is 1. The summed E-state index contributed by atoms with van der Waals surface area (Å²) in [6.07, 6.45) is -0.447. The van der Waals surface area contributed by atoms with Crippen molar-refractivity contribution in [3.05, 3.63) is 34.9 Å². The number of benzene rings is 1. The Morgan fingerprint density at radius 2 is 2.14 bits per heavy atom. The molecule has 2 bridgehead atoms. The SMILES string of the molecule is Cc1ccc(-c2nnc(N[C@@H]3C[C@@H](F)CN(C)C3)c3c2C[C@H]2OC[C@@H]3O2)c(O)c1. The van der Waals surface area contributed by atoms with Gasteiger partial charge in [-0.1, -0.05) is 6.07 Å². The summed E-state index contributed by atoms with van der Waals surface area (Å²) in [4.78, 5) is 1.98. The summed E-state index contributed by atoms with van der Waals surface area (Å²) in [5, 5.41) is 22.8. The number of nitrogens with zero attached hydrogens (tertiary/aromatic N) is 3. The summed E-state index contributed by atoms with van der Waals surface area (Å²) in [5.41, 5.74) is 4.15. The molecule has 0 radical (unpaired) electrons. The fourth-order valence-corrected chi connectivity index (χ4v) is 4.63. The molecular formula is C21H25FN4O3. The van der Waals surface area contributed by atoms with E-state index in [4.69, 9.17) is 9.47 Å². The summed E-state index contributed by atoms with van der Waals surface area (Å²) in [6, 6.07) is 5.48. The number of likely N-dealkylation sites (tertiary alicyclic amines) is 1. The second-order valence-electron chi connectivity index (χ2n) is 8.30. The van der Waals surface area contributed by atoms with Crippen LogP contribution in [0.2, 0.25) is 0 Å². The first kappa shape index (κ1) is 18.7. The number of anilines is 1. The number of aromatic hydroxyl groups is 1. The maximum absolute atomic E-state index is 14.0. The summed E-state index contributed by atoms with van der Waals surface area (Å²) in [5.74, 6) is 0.799. The Bertz CT molecular complexity index is 930. The largest absolute Gasteiger partial charge is 0.507 e. The minimum atomic E-state index is -0.866. The van der Waals surface area contributed by atoms with Crippen molar-refractivity contribution >= 4 is 5.82 Å². The normalized spacial score (nSPS) is 28.9. The van der Waals surface area contributed by atoms with Gasteiger partial charge in [-0.15, -0.1) is 10.2 Å². The van der Waals surface area contributed by atoms with Crippen LogP contribution >= 0.6 is 0 Å². The zero-order valence-corrected chi connectivity index (χ0v) is 16.6. The lowest BCUT2D eigenvalue weighted by molar-refractivity contribution is -0.0638. The average Bonchev–Trinajstić information content (AvgIpc) is 3.03. The maximum atomic E-state index is 14.0. The topological polar surface area (TPSA) is 79.7 Å². The van der Waals surface area contributed by atoms with Gasteiger partial charge in [0.1, 0.15) is 23.7 Å². The lowest BCUT2D eigenvalue weighted by Gasteiger charge is -2.34. The maximum Gasteiger partial charge on any atom is 0.162 e. The van der Waals surface area contributed by atoms with Crippen molar-refractivity contribution in [3.8, 4) is 17.0 Å². The standard InChI is InChI=1S/C21H25FN4O3/c1-11-3-4-14(16(27)5-11)20-15-7-18-28-10-17(29-18)19(15)21(25-24-20)23-13-6-12(22)8-26(2)9-13/h3-5,12-13,17-18,27H,6-10H2,1-2H3,(H,23,25)/t12-,13-,17+,18+/m1/s1. The summed E-state index contributed by atoms with van der Waals surface area (Å²) >= 11 is 0. The van der Waals surface area contributed by atoms with Crippen LogP contribution in [-0.2, 0) is 15.9 Å². The van der Waals surface area contributed by atoms with Gasteiger partial charge in [-0.05, 0) is 37.2 Å². The molecule has 1 aromatic heterocycles. The number of phenols is 1. The van der Waals surface area contributed by atoms with Gasteiger partial charge in [0.15, 0.2) is 12.1 Å². The number of alkyl halides is 1. The molecule has 5 rings (SSSR count). The molecule has 0 amide bonds. The van der Waals surface area contributed by atoms with E-state index >= 15 is 0 Å². The van der Waals surface area contributed by atoms with Crippen molar-refractivity contribution in [2.24, 2.45) is 0 Å². The van der Waals surface area contributed by atoms with Gasteiger partial charge in [-0.2, -0.15) is 0 Å². The molecule has 3 aliphatic heterocycles. The van der Waals surface area contributed by atoms with Gasteiger partial charge in [0.05, 0.1) is 6.61 Å². The first-order valence-corrected chi connectivity index (χ1v) is 10.0. The van der Waals surface area contributed by atoms with Gasteiger partial charge in [0.25, 0.3) is 0 Å². The van der Waals surface area contributed by atoms with Gasteiger partial charge in [-0.3, -0.25) is 0 Å². The Morgan fingerprint density at radius 1 is 1.28 bits per heavy atom. The summed E-state index contributed by atoms with van der Waals surface area (Å²) in [7, 11) is 1.92. The molecule has 0 saturated carbocycles. The molecular weight excluding hydrogens is 375 g/mol. The Labute approximate surface area is 168 Å². The number of aromatic nitrogens is 2. The van der Waals surface area contributed by atoms with E-state index < -0.39 is 6.17 Å². The predicted octanol–water partition coefficient (Wildman–Crippen LogP) is 2.58. The average molecular weight is 400 g/mol. The molecule has 4 heterocycles. The molecule has 0 spiro atoms. The number of fused-ring (bicyclic) bond motifs is 4. The fourth-order valence-electron chi connectivity index (χ4n) is 4.63. The lowest BCUT2D eigenvalue weighted by Crippen LogP contribution is -2.45. The van der Waals surface area contributed by atoms with Gasteiger partial charge < -0.3 is 24.8 Å². The molecule has 2 fully saturated rings. The zero-order valence-electron chi connectivity index (χ0n) is 16.6. The predicted molar refractivity (Wildman–Crippen MR) is 106 cm³/mol. The van der Waals surface area contributed by atoms with Crippen molar-refractivity contribution in [1.82, 2.24) is 15.1 Å². The Hall–Kier alpha value is -2.29. The van der Waals surface area contributed by atoms with Crippen molar-refractivity contribution in [3.63, 3.8) is 0 Å². The van der Waals surface area contributed by atoms with Gasteiger partial charge >= 0.3 is 0 Å². The lowest BCUT2D eigenvalue weighted by atomic mass is 9.93. The molecule has 2 N–H and O–H groups in total. The molecule has 4 atom stereocenters. The van der Waals surface area contributed by atoms with Crippen LogP contribution in [0.3, 0.4) is 0 Å². The van der Waals surface area contributed by atoms with Crippen LogP contribution in [0, 0.1) is 6.92 Å². The van der Waals surface area contributed by atoms with Crippen LogP contribution in [0.4, 0.5) is 10.2 Å². The van der Waals surface area contributed by atoms with Crippen LogP contribution in [0.5, 0.6) is 5.75 Å². The van der Waals surface area contributed by atoms with E-state index in [-0.39, 0.29) is 24.2 Å². The monoisotopic (exact) mass is 400 g/mol. The molecule has 0 unspecified atom stereocenters. The third-order valence-corrected chi connectivity index (χ3v) is 5.89. The molecule has 0 aliphatic carbocycles. The van der Waals surface area contributed by atoms with Gasteiger partial charge in [-0.25, -0.2) is 4.39 Å². The highest BCUT2D eigenvalue weighted by Gasteiger charge is 2.40. The van der Waals surface area contributed by atoms with Crippen molar-refractivity contribution in [2.75, 3.05) is 32.1 Å². The fraction of sp³-hybridized carbons (Fsp3) is 0.524. The number of piperidine rings is 1. The highest BCUT2D eigenvalue weighted by Crippen LogP contribution is 2.44. The molecule has 3 aliphatic rings. The minimum absolute atomic E-state index is 0.0548. The van der Waals surface area contributed by atoms with E-state index in [9.17, 15) is 9.50 Å². The summed E-state index contributed by atoms with van der Waals surface area (Å²) < 4.78 is 25.7. The molecule has 8 heteroatoms. The van der Waals surface area contributed by atoms with E-state index in [1.165, 1.54) is 0 Å². The van der Waals surface area contributed by atoms with Crippen molar-refractivity contribution in [2.45, 2.75) is 44.4 Å². The van der Waals surface area contributed by atoms with Crippen LogP contribution < -0.4 is 5.32 Å². The molecule has 29 heavy (non-hydrogen) atoms. The van der Waals surface area contributed by atoms with E-state index in [1.807, 2.05) is 31.0 Å². The van der Waals surface area contributed by atoms with Crippen molar-refractivity contribution < 1.29 is 19.0 Å². The number of nitrogens with one attached hydrogen (secondary N) is 1. The quantitative estimate of drug-likeness (QED) is 0.820. The zero-order chi connectivity index (χ0) is 20.1. The number of rotatable bonds is 3. The number of aryl methyl sites for hydroxylation is 1. The second kappa shape index (κ2) is 7.19. The number of ether oxygens (including phenoxy) is 2. The van der Waals surface area contributed by atoms with Crippen LogP contribution in [0.15, 0.2) is 18.2 Å². The first-order chi connectivity index (χ1) is 14.0. The van der Waals surface area contributed by atoms with Gasteiger partial charge in [0.2, 0.25) is 0 Å². The Morgan fingerprint density at radius 3 is 2.93 bits per heavy atom. The highest BCUT2D eigenvalue weighted by atomic mass is 19.1. The molecule has 1 aromatic carbocycles. The van der Waals surface area contributed by atoms with Crippen LogP contribution in [-0.4, -0.2) is 65.5 Å². The Kier molecular flexibility index (Phi) is 4.64. The number of likely N-dealkylation sites (N-methyl/N-ethyl adjacent to an activating group) is 1. The highest BCUT2D eigenvalue weighted by molar-refractivity contribution is 5.73. The second-order valence-corrected chi connectivity index (χ2v) is 8.30. The number of hydrogen-bond acceptors (Lipinski definition) is 7. The number of phenolic OH excluding ortho intramolecular Hbond substituents is 1. The van der Waals surface area contributed by atoms with Gasteiger partial charge in [0, 0.05) is 43.1 Å². The van der Waals surface area contributed by atoms with E-state index in [1.54, 1.807) is 6.07 Å². The summed E-state index contributed by atoms with van der Waals surface area (Å²) in [6.45, 7) is 3.57. The van der Waals surface area contributed by atoms with Crippen LogP contribution in [0.25, 0.3) is 11.3 Å². The first-order valence-electron chi connectivity index (χ1n) is 10.0. The molecule has 7 nitrogen and oxygen atoms in total. The molecule has 2 aromatic rings. The number of hydrogen-bond donors (Lipinski definition) is 2. The molecule has 154 valence electrons. The third-order valence-electron chi connectivity index (χ3n) is 5.89. The Balaban J connectivity index is 1.56. The molecule has 2 saturated heterocycles. The smallest absolute Gasteiger partial charge is 0.162 e. The van der Waals surface area contributed by atoms with Crippen LogP contribution in [0.1, 0.15) is 29.2 Å². The third kappa shape index (κ3) is 3.45. The van der Waals surface area contributed by atoms with E-state index in [0.29, 0.717) is 43.1 Å². The minimum Gasteiger partial charge on any atom is -0.507 e. The van der Waals surface area contributed by atoms with E-state index in [0.717, 1.165) is 23.2 Å². The van der Waals surface area contributed by atoms with Crippen molar-refractivity contribution in [1.29, 1.82) is 0 Å². The van der Waals surface area contributed by atoms with E-state index in [2.05, 4.69) is 15.5 Å².